The van der Waals surface area contributed by atoms with E-state index < -0.39 is 12.1 Å². The number of imide groups is 1. The summed E-state index contributed by atoms with van der Waals surface area (Å²) in [5.41, 5.74) is 4.40. The van der Waals surface area contributed by atoms with Crippen molar-refractivity contribution >= 4 is 17.6 Å². The molecule has 5 nitrogen and oxygen atoms in total. The number of nitrogens with one attached hydrogen (secondary N) is 3. The highest BCUT2D eigenvalue weighted by molar-refractivity contribution is 5.98. The molecule has 0 saturated carbocycles. The van der Waals surface area contributed by atoms with Gasteiger partial charge in [-0.1, -0.05) is 36.4 Å². The monoisotopic (exact) mass is 323 g/mol. The van der Waals surface area contributed by atoms with Gasteiger partial charge in [0.2, 0.25) is 0 Å². The summed E-state index contributed by atoms with van der Waals surface area (Å²) in [6, 6.07) is 14.4. The number of urea groups is 1. The molecule has 0 heterocycles. The smallest absolute Gasteiger partial charge is 0.321 e. The van der Waals surface area contributed by atoms with Gasteiger partial charge in [-0.05, 0) is 48.1 Å². The average Bonchev–Trinajstić information content (AvgIpc) is 3.08. The van der Waals surface area contributed by atoms with E-state index in [-0.39, 0.29) is 5.91 Å². The van der Waals surface area contributed by atoms with Crippen LogP contribution in [0.3, 0.4) is 0 Å². The van der Waals surface area contributed by atoms with Crippen molar-refractivity contribution in [3.63, 3.8) is 0 Å². The molecule has 2 aromatic rings. The predicted molar refractivity (Wildman–Crippen MR) is 93.9 cm³/mol. The van der Waals surface area contributed by atoms with Gasteiger partial charge in [0, 0.05) is 12.7 Å². The van der Waals surface area contributed by atoms with Gasteiger partial charge in [-0.3, -0.25) is 10.1 Å². The zero-order valence-electron chi connectivity index (χ0n) is 13.6. The largest absolute Gasteiger partial charge is 0.370 e. The lowest BCUT2D eigenvalue weighted by molar-refractivity contribution is -0.120. The molecule has 3 rings (SSSR count). The number of benzene rings is 2. The third-order valence-electron chi connectivity index (χ3n) is 4.27. The van der Waals surface area contributed by atoms with Crippen LogP contribution in [0.4, 0.5) is 10.5 Å². The van der Waals surface area contributed by atoms with E-state index in [0.29, 0.717) is 0 Å². The summed E-state index contributed by atoms with van der Waals surface area (Å²) < 4.78 is 0. The van der Waals surface area contributed by atoms with Gasteiger partial charge >= 0.3 is 6.03 Å². The number of carbonyl (C=O) groups excluding carboxylic acids is 2. The molecule has 0 spiro atoms. The van der Waals surface area contributed by atoms with Gasteiger partial charge in [0.15, 0.2) is 0 Å². The van der Waals surface area contributed by atoms with Crippen molar-refractivity contribution in [3.05, 3.63) is 65.2 Å². The van der Waals surface area contributed by atoms with Crippen molar-refractivity contribution in [3.8, 4) is 0 Å². The third-order valence-corrected chi connectivity index (χ3v) is 4.27. The van der Waals surface area contributed by atoms with Gasteiger partial charge in [-0.15, -0.1) is 0 Å². The zero-order chi connectivity index (χ0) is 16.9. The zero-order valence-corrected chi connectivity index (χ0v) is 13.6. The summed E-state index contributed by atoms with van der Waals surface area (Å²) in [7, 11) is 1.48. The number of anilines is 1. The Morgan fingerprint density at radius 2 is 1.75 bits per heavy atom. The maximum absolute atomic E-state index is 12.5. The first kappa shape index (κ1) is 16.1. The van der Waals surface area contributed by atoms with Gasteiger partial charge in [0.1, 0.15) is 6.04 Å². The van der Waals surface area contributed by atoms with Gasteiger partial charge in [0.25, 0.3) is 5.91 Å². The molecule has 0 radical (unpaired) electrons. The Balaban J connectivity index is 1.84. The number of hydrogen-bond acceptors (Lipinski definition) is 3. The summed E-state index contributed by atoms with van der Waals surface area (Å²) >= 11 is 0. The van der Waals surface area contributed by atoms with E-state index in [9.17, 15) is 9.59 Å². The van der Waals surface area contributed by atoms with E-state index in [1.807, 2.05) is 36.4 Å². The van der Waals surface area contributed by atoms with E-state index in [1.165, 1.54) is 24.6 Å². The Hall–Kier alpha value is -2.82. The molecule has 0 aliphatic heterocycles. The lowest BCUT2D eigenvalue weighted by Gasteiger charge is -2.20. The standard InChI is InChI=1S/C19H21N3O2/c1-20-19(24)22-18(23)17(14-6-3-2-4-7-14)21-16-11-10-13-8-5-9-15(13)12-16/h2-4,6-7,10-12,17,21H,5,8-9H2,1H3,(H2,20,22,23,24)/t17-/m1/s1. The Kier molecular flexibility index (Phi) is 4.79. The molecule has 2 aromatic carbocycles. The molecule has 1 atom stereocenters. The van der Waals surface area contributed by atoms with Crippen LogP contribution in [0.15, 0.2) is 48.5 Å². The van der Waals surface area contributed by atoms with Gasteiger partial charge < -0.3 is 10.6 Å². The van der Waals surface area contributed by atoms with E-state index in [4.69, 9.17) is 0 Å². The SMILES string of the molecule is CNC(=O)NC(=O)[C@H](Nc1ccc2c(c1)CCC2)c1ccccc1. The molecule has 0 bridgehead atoms. The molecular formula is C19H21N3O2. The van der Waals surface area contributed by atoms with Gasteiger partial charge in [0.05, 0.1) is 0 Å². The van der Waals surface area contributed by atoms with E-state index in [0.717, 1.165) is 24.1 Å². The Morgan fingerprint density at radius 1 is 1.00 bits per heavy atom. The van der Waals surface area contributed by atoms with E-state index in [2.05, 4.69) is 28.1 Å². The topological polar surface area (TPSA) is 70.2 Å². The highest BCUT2D eigenvalue weighted by Crippen LogP contribution is 2.27. The fourth-order valence-corrected chi connectivity index (χ4v) is 3.02. The first-order valence-electron chi connectivity index (χ1n) is 8.13. The quantitative estimate of drug-likeness (QED) is 0.810. The van der Waals surface area contributed by atoms with Crippen LogP contribution in [-0.4, -0.2) is 19.0 Å². The number of hydrogen-bond donors (Lipinski definition) is 3. The molecule has 24 heavy (non-hydrogen) atoms. The summed E-state index contributed by atoms with van der Waals surface area (Å²) in [5, 5.41) is 8.01. The second-order valence-electron chi connectivity index (χ2n) is 5.89. The number of fused-ring (bicyclic) bond motifs is 1. The van der Waals surface area contributed by atoms with Gasteiger partial charge in [-0.25, -0.2) is 4.79 Å². The lowest BCUT2D eigenvalue weighted by Crippen LogP contribution is -2.42. The molecule has 0 unspecified atom stereocenters. The first-order chi connectivity index (χ1) is 11.7. The lowest BCUT2D eigenvalue weighted by atomic mass is 10.0. The minimum absolute atomic E-state index is 0.388. The van der Waals surface area contributed by atoms with Crippen molar-refractivity contribution < 1.29 is 9.59 Å². The molecule has 3 amide bonds. The van der Waals surface area contributed by atoms with Crippen LogP contribution in [0.2, 0.25) is 0 Å². The predicted octanol–water partition coefficient (Wildman–Crippen LogP) is 2.78. The molecule has 124 valence electrons. The fraction of sp³-hybridized carbons (Fsp3) is 0.263. The van der Waals surface area contributed by atoms with E-state index in [1.54, 1.807) is 0 Å². The first-order valence-corrected chi connectivity index (χ1v) is 8.13. The highest BCUT2D eigenvalue weighted by Gasteiger charge is 2.22. The maximum atomic E-state index is 12.5. The summed E-state index contributed by atoms with van der Waals surface area (Å²) in [5.74, 6) is -0.388. The molecule has 0 saturated heterocycles. The molecule has 1 aliphatic carbocycles. The van der Waals surface area contributed by atoms with Crippen molar-refractivity contribution in [1.29, 1.82) is 0 Å². The minimum atomic E-state index is -0.636. The number of rotatable bonds is 4. The van der Waals surface area contributed by atoms with Crippen LogP contribution in [0.5, 0.6) is 0 Å². The number of aryl methyl sites for hydroxylation is 2. The Bertz CT molecular complexity index is 744. The second kappa shape index (κ2) is 7.17. The minimum Gasteiger partial charge on any atom is -0.370 e. The molecule has 5 heteroatoms. The number of amides is 3. The highest BCUT2D eigenvalue weighted by atomic mass is 16.2. The molecule has 0 fully saturated rings. The fourth-order valence-electron chi connectivity index (χ4n) is 3.02. The average molecular weight is 323 g/mol. The molecule has 0 aromatic heterocycles. The van der Waals surface area contributed by atoms with E-state index >= 15 is 0 Å². The normalized spacial score (nSPS) is 13.7. The number of carbonyl (C=O) groups is 2. The van der Waals surface area contributed by atoms with Crippen LogP contribution in [0.1, 0.15) is 29.2 Å². The van der Waals surface area contributed by atoms with Gasteiger partial charge in [-0.2, -0.15) is 0 Å². The molecule has 1 aliphatic rings. The molecule has 3 N–H and O–H groups in total. The van der Waals surface area contributed by atoms with Crippen LogP contribution >= 0.6 is 0 Å². The van der Waals surface area contributed by atoms with Crippen molar-refractivity contribution in [2.45, 2.75) is 25.3 Å². The Labute approximate surface area is 141 Å². The Morgan fingerprint density at radius 3 is 2.50 bits per heavy atom. The third kappa shape index (κ3) is 3.56. The summed E-state index contributed by atoms with van der Waals surface area (Å²) in [6.45, 7) is 0. The molecular weight excluding hydrogens is 302 g/mol. The van der Waals surface area contributed by atoms with Crippen LogP contribution in [0, 0.1) is 0 Å². The summed E-state index contributed by atoms with van der Waals surface area (Å²) in [4.78, 5) is 24.0. The van der Waals surface area contributed by atoms with Crippen molar-refractivity contribution in [2.75, 3.05) is 12.4 Å². The summed E-state index contributed by atoms with van der Waals surface area (Å²) in [6.07, 6.45) is 3.37. The maximum Gasteiger partial charge on any atom is 0.321 e. The van der Waals surface area contributed by atoms with Crippen molar-refractivity contribution in [2.24, 2.45) is 0 Å². The second-order valence-corrected chi connectivity index (χ2v) is 5.89. The van der Waals surface area contributed by atoms with Crippen LogP contribution in [0.25, 0.3) is 0 Å². The van der Waals surface area contributed by atoms with Crippen LogP contribution < -0.4 is 16.0 Å². The van der Waals surface area contributed by atoms with Crippen molar-refractivity contribution in [1.82, 2.24) is 10.6 Å². The van der Waals surface area contributed by atoms with Crippen LogP contribution in [-0.2, 0) is 17.6 Å².